The molecule has 1 aliphatic heterocycles. The number of piperazine rings is 1. The van der Waals surface area contributed by atoms with Crippen LogP contribution in [0.25, 0.3) is 11.2 Å². The van der Waals surface area contributed by atoms with E-state index in [2.05, 4.69) is 39.0 Å². The molecule has 0 radical (unpaired) electrons. The molecule has 0 aliphatic carbocycles. The molecule has 120 valence electrons. The molecule has 22 heavy (non-hydrogen) atoms. The van der Waals surface area contributed by atoms with Crippen molar-refractivity contribution in [3.63, 3.8) is 0 Å². The minimum atomic E-state index is -0.0651. The highest BCUT2D eigenvalue weighted by Gasteiger charge is 2.18. The Morgan fingerprint density at radius 2 is 2.05 bits per heavy atom. The Morgan fingerprint density at radius 1 is 1.32 bits per heavy atom. The Bertz CT molecular complexity index is 718. The van der Waals surface area contributed by atoms with Gasteiger partial charge in [0.2, 0.25) is 5.95 Å². The standard InChI is InChI=1S/C14H22N6OS/c1-4-9(2)22-14-18-11-10(12(21)19(14)3)16-13(17-11)20-7-5-15-6-8-20/h9,15H,4-8H2,1-3H3,(H,16,17). The number of imidazole rings is 1. The van der Waals surface area contributed by atoms with Crippen LogP contribution >= 0.6 is 11.8 Å². The maximum atomic E-state index is 12.5. The molecule has 1 saturated heterocycles. The molecule has 1 atom stereocenters. The van der Waals surface area contributed by atoms with E-state index < -0.39 is 0 Å². The molecule has 2 aromatic heterocycles. The first-order valence-corrected chi connectivity index (χ1v) is 8.57. The second kappa shape index (κ2) is 6.29. The van der Waals surface area contributed by atoms with Crippen LogP contribution in [-0.2, 0) is 7.05 Å². The molecule has 0 amide bonds. The Kier molecular flexibility index (Phi) is 4.39. The average molecular weight is 322 g/mol. The second-order valence-corrected chi connectivity index (χ2v) is 7.00. The van der Waals surface area contributed by atoms with E-state index in [0.717, 1.165) is 43.7 Å². The molecular formula is C14H22N6OS. The van der Waals surface area contributed by atoms with Crippen LogP contribution in [0.15, 0.2) is 9.95 Å². The van der Waals surface area contributed by atoms with Crippen LogP contribution in [0.1, 0.15) is 20.3 Å². The van der Waals surface area contributed by atoms with Gasteiger partial charge in [-0.25, -0.2) is 4.98 Å². The molecule has 2 N–H and O–H groups in total. The topological polar surface area (TPSA) is 78.8 Å². The normalized spacial score (nSPS) is 17.1. The fourth-order valence-corrected chi connectivity index (χ4v) is 3.30. The van der Waals surface area contributed by atoms with Gasteiger partial charge in [-0.1, -0.05) is 25.6 Å². The predicted octanol–water partition coefficient (Wildman–Crippen LogP) is 0.957. The summed E-state index contributed by atoms with van der Waals surface area (Å²) in [7, 11) is 1.77. The zero-order valence-electron chi connectivity index (χ0n) is 13.2. The number of fused-ring (bicyclic) bond motifs is 1. The highest BCUT2D eigenvalue weighted by molar-refractivity contribution is 7.99. The van der Waals surface area contributed by atoms with Crippen molar-refractivity contribution in [2.45, 2.75) is 30.7 Å². The first kappa shape index (κ1) is 15.4. The van der Waals surface area contributed by atoms with Gasteiger partial charge in [0, 0.05) is 38.5 Å². The van der Waals surface area contributed by atoms with Crippen molar-refractivity contribution in [1.82, 2.24) is 24.8 Å². The number of H-pyrrole nitrogens is 1. The minimum absolute atomic E-state index is 0.0651. The van der Waals surface area contributed by atoms with Crippen LogP contribution in [0.4, 0.5) is 5.95 Å². The molecule has 2 aromatic rings. The fraction of sp³-hybridized carbons (Fsp3) is 0.643. The second-order valence-electron chi connectivity index (χ2n) is 5.59. The van der Waals surface area contributed by atoms with Crippen LogP contribution in [0.3, 0.4) is 0 Å². The lowest BCUT2D eigenvalue weighted by Crippen LogP contribution is -2.44. The number of anilines is 1. The van der Waals surface area contributed by atoms with Gasteiger partial charge in [-0.2, -0.15) is 4.98 Å². The number of aromatic nitrogens is 4. The van der Waals surface area contributed by atoms with E-state index in [9.17, 15) is 4.79 Å². The van der Waals surface area contributed by atoms with Gasteiger partial charge in [0.1, 0.15) is 0 Å². The third-order valence-corrected chi connectivity index (χ3v) is 5.29. The monoisotopic (exact) mass is 322 g/mol. The van der Waals surface area contributed by atoms with Gasteiger partial charge in [0.05, 0.1) is 0 Å². The molecule has 8 heteroatoms. The summed E-state index contributed by atoms with van der Waals surface area (Å²) in [5, 5.41) is 4.45. The van der Waals surface area contributed by atoms with Crippen LogP contribution in [0.2, 0.25) is 0 Å². The third kappa shape index (κ3) is 2.85. The van der Waals surface area contributed by atoms with Crippen molar-refractivity contribution in [2.75, 3.05) is 31.1 Å². The lowest BCUT2D eigenvalue weighted by Gasteiger charge is -2.26. The summed E-state index contributed by atoms with van der Waals surface area (Å²) in [5.41, 5.74) is 0.941. The molecule has 0 saturated carbocycles. The highest BCUT2D eigenvalue weighted by atomic mass is 32.2. The van der Waals surface area contributed by atoms with E-state index in [-0.39, 0.29) is 5.56 Å². The fourth-order valence-electron chi connectivity index (χ4n) is 2.40. The van der Waals surface area contributed by atoms with E-state index in [1.165, 1.54) is 0 Å². The lowest BCUT2D eigenvalue weighted by atomic mass is 10.4. The number of nitrogens with zero attached hydrogens (tertiary/aromatic N) is 4. The third-order valence-electron chi connectivity index (χ3n) is 3.98. The van der Waals surface area contributed by atoms with Crippen molar-refractivity contribution in [3.05, 3.63) is 10.4 Å². The maximum Gasteiger partial charge on any atom is 0.280 e. The van der Waals surface area contributed by atoms with E-state index in [4.69, 9.17) is 0 Å². The zero-order valence-corrected chi connectivity index (χ0v) is 14.0. The summed E-state index contributed by atoms with van der Waals surface area (Å²) in [6, 6.07) is 0. The summed E-state index contributed by atoms with van der Waals surface area (Å²) in [6.07, 6.45) is 1.03. The summed E-state index contributed by atoms with van der Waals surface area (Å²) in [6.45, 7) is 7.89. The van der Waals surface area contributed by atoms with Crippen molar-refractivity contribution < 1.29 is 0 Å². The van der Waals surface area contributed by atoms with Crippen LogP contribution in [0.5, 0.6) is 0 Å². The first-order valence-electron chi connectivity index (χ1n) is 7.69. The molecule has 0 spiro atoms. The highest BCUT2D eigenvalue weighted by Crippen LogP contribution is 2.23. The van der Waals surface area contributed by atoms with Crippen molar-refractivity contribution >= 4 is 28.9 Å². The van der Waals surface area contributed by atoms with Crippen LogP contribution in [-0.4, -0.2) is 50.9 Å². The van der Waals surface area contributed by atoms with E-state index in [1.54, 1.807) is 23.4 Å². The SMILES string of the molecule is CCC(C)Sc1nc2nc(N3CCNCC3)[nH]c2c(=O)n1C. The van der Waals surface area contributed by atoms with E-state index in [1.807, 2.05) is 0 Å². The Morgan fingerprint density at radius 3 is 2.73 bits per heavy atom. The molecular weight excluding hydrogens is 300 g/mol. The van der Waals surface area contributed by atoms with Gasteiger partial charge < -0.3 is 15.2 Å². The van der Waals surface area contributed by atoms with Gasteiger partial charge in [0.15, 0.2) is 16.3 Å². The summed E-state index contributed by atoms with van der Waals surface area (Å²) < 4.78 is 1.61. The molecule has 0 bridgehead atoms. The Labute approximate surface area is 133 Å². The first-order chi connectivity index (χ1) is 10.6. The van der Waals surface area contributed by atoms with Crippen LogP contribution in [0, 0.1) is 0 Å². The summed E-state index contributed by atoms with van der Waals surface area (Å²) >= 11 is 1.62. The smallest absolute Gasteiger partial charge is 0.280 e. The van der Waals surface area contributed by atoms with Gasteiger partial charge in [0.25, 0.3) is 5.56 Å². The molecule has 3 heterocycles. The van der Waals surface area contributed by atoms with Gasteiger partial charge in [-0.15, -0.1) is 0 Å². The number of hydrogen-bond acceptors (Lipinski definition) is 6. The predicted molar refractivity (Wildman–Crippen MR) is 89.8 cm³/mol. The Balaban J connectivity index is 2.00. The molecule has 1 unspecified atom stereocenters. The van der Waals surface area contributed by atoms with Gasteiger partial charge in [-0.05, 0) is 6.42 Å². The number of rotatable bonds is 4. The van der Waals surface area contributed by atoms with E-state index >= 15 is 0 Å². The average Bonchev–Trinajstić information content (AvgIpc) is 2.97. The maximum absolute atomic E-state index is 12.5. The van der Waals surface area contributed by atoms with Gasteiger partial charge >= 0.3 is 0 Å². The summed E-state index contributed by atoms with van der Waals surface area (Å²) in [5.74, 6) is 0.742. The zero-order chi connectivity index (χ0) is 15.7. The largest absolute Gasteiger partial charge is 0.340 e. The number of nitrogens with one attached hydrogen (secondary N) is 2. The van der Waals surface area contributed by atoms with Crippen LogP contribution < -0.4 is 15.8 Å². The number of thioether (sulfide) groups is 1. The minimum Gasteiger partial charge on any atom is -0.340 e. The van der Waals surface area contributed by atoms with Crippen molar-refractivity contribution in [3.8, 4) is 0 Å². The molecule has 1 aliphatic rings. The van der Waals surface area contributed by atoms with Crippen molar-refractivity contribution in [1.29, 1.82) is 0 Å². The Hall–Kier alpha value is -1.54. The number of aromatic amines is 1. The van der Waals surface area contributed by atoms with E-state index in [0.29, 0.717) is 16.4 Å². The quantitative estimate of drug-likeness (QED) is 0.645. The lowest BCUT2D eigenvalue weighted by molar-refractivity contribution is 0.582. The van der Waals surface area contributed by atoms with Crippen molar-refractivity contribution in [2.24, 2.45) is 7.05 Å². The molecule has 0 aromatic carbocycles. The number of hydrogen-bond donors (Lipinski definition) is 2. The van der Waals surface area contributed by atoms with Gasteiger partial charge in [-0.3, -0.25) is 9.36 Å². The summed E-state index contributed by atoms with van der Waals surface area (Å²) in [4.78, 5) is 26.9. The molecule has 1 fully saturated rings. The molecule has 7 nitrogen and oxygen atoms in total. The molecule has 3 rings (SSSR count).